The number of carbonyl (C=O) groups is 2. The minimum Gasteiger partial charge on any atom is -0.370 e. The number of aliphatic imine (C=N–C) groups is 1. The highest BCUT2D eigenvalue weighted by atomic mass is 16.2. The SMILES string of the molecule is CC[C@H](C)[C@@H](C=O)NC(=O)[C@@H](N)CCCN=C(N)N(C)C. The van der Waals surface area contributed by atoms with Crippen molar-refractivity contribution in [1.29, 1.82) is 0 Å². The topological polar surface area (TPSA) is 114 Å². The van der Waals surface area contributed by atoms with Crippen LogP contribution < -0.4 is 16.8 Å². The van der Waals surface area contributed by atoms with Crippen LogP contribution in [0.3, 0.4) is 0 Å². The number of amides is 1. The smallest absolute Gasteiger partial charge is 0.237 e. The van der Waals surface area contributed by atoms with Gasteiger partial charge in [0.2, 0.25) is 5.91 Å². The fourth-order valence-corrected chi connectivity index (χ4v) is 1.61. The van der Waals surface area contributed by atoms with Crippen LogP contribution in [0.15, 0.2) is 4.99 Å². The van der Waals surface area contributed by atoms with E-state index in [1.54, 1.807) is 4.90 Å². The van der Waals surface area contributed by atoms with Crippen molar-refractivity contribution in [2.75, 3.05) is 20.6 Å². The predicted molar refractivity (Wildman–Crippen MR) is 84.8 cm³/mol. The molecule has 1 amide bonds. The molecule has 0 heterocycles. The fraction of sp³-hybridized carbons (Fsp3) is 0.786. The zero-order chi connectivity index (χ0) is 16.4. The van der Waals surface area contributed by atoms with Crippen molar-refractivity contribution in [3.05, 3.63) is 0 Å². The summed E-state index contributed by atoms with van der Waals surface area (Å²) in [6.45, 7) is 4.41. The summed E-state index contributed by atoms with van der Waals surface area (Å²) in [5.74, 6) is 0.255. The van der Waals surface area contributed by atoms with Crippen molar-refractivity contribution in [2.24, 2.45) is 22.4 Å². The van der Waals surface area contributed by atoms with Gasteiger partial charge in [0, 0.05) is 20.6 Å². The molecule has 0 aliphatic heterocycles. The van der Waals surface area contributed by atoms with Gasteiger partial charge < -0.3 is 26.5 Å². The van der Waals surface area contributed by atoms with E-state index in [-0.39, 0.29) is 11.8 Å². The van der Waals surface area contributed by atoms with E-state index in [9.17, 15) is 9.59 Å². The summed E-state index contributed by atoms with van der Waals surface area (Å²) in [4.78, 5) is 28.7. The standard InChI is InChI=1S/C14H29N5O2/c1-5-10(2)12(9-20)18-13(21)11(15)7-6-8-17-14(16)19(3)4/h9-12H,5-8,15H2,1-4H3,(H2,16,17)(H,18,21)/t10-,11-,12+/m0/s1. The summed E-state index contributed by atoms with van der Waals surface area (Å²) in [5, 5.41) is 2.68. The van der Waals surface area contributed by atoms with Gasteiger partial charge in [0.25, 0.3) is 0 Å². The van der Waals surface area contributed by atoms with Crippen molar-refractivity contribution in [3.8, 4) is 0 Å². The number of carbonyl (C=O) groups excluding carboxylic acids is 2. The third-order valence-electron chi connectivity index (χ3n) is 3.45. The summed E-state index contributed by atoms with van der Waals surface area (Å²) in [7, 11) is 3.62. The molecule has 122 valence electrons. The summed E-state index contributed by atoms with van der Waals surface area (Å²) < 4.78 is 0. The molecule has 0 saturated heterocycles. The molecule has 7 heteroatoms. The first-order valence-corrected chi connectivity index (χ1v) is 7.31. The molecule has 5 N–H and O–H groups in total. The lowest BCUT2D eigenvalue weighted by atomic mass is 10.00. The fourth-order valence-electron chi connectivity index (χ4n) is 1.61. The quantitative estimate of drug-likeness (QED) is 0.234. The van der Waals surface area contributed by atoms with E-state index in [4.69, 9.17) is 11.5 Å². The van der Waals surface area contributed by atoms with Crippen LogP contribution in [-0.4, -0.2) is 55.8 Å². The first-order chi connectivity index (χ1) is 9.83. The molecule has 0 aromatic heterocycles. The number of nitrogens with one attached hydrogen (secondary N) is 1. The van der Waals surface area contributed by atoms with E-state index in [2.05, 4.69) is 10.3 Å². The molecule has 7 nitrogen and oxygen atoms in total. The Balaban J connectivity index is 4.16. The van der Waals surface area contributed by atoms with Crippen LogP contribution in [0.1, 0.15) is 33.1 Å². The van der Waals surface area contributed by atoms with E-state index in [1.807, 2.05) is 27.9 Å². The summed E-state index contributed by atoms with van der Waals surface area (Å²) in [5.41, 5.74) is 11.5. The zero-order valence-electron chi connectivity index (χ0n) is 13.5. The highest BCUT2D eigenvalue weighted by molar-refractivity contribution is 5.84. The molecule has 21 heavy (non-hydrogen) atoms. The first-order valence-electron chi connectivity index (χ1n) is 7.31. The maximum absolute atomic E-state index is 11.9. The van der Waals surface area contributed by atoms with Gasteiger partial charge in [-0.05, 0) is 18.8 Å². The second kappa shape index (κ2) is 10.1. The Hall–Kier alpha value is -1.63. The molecule has 0 radical (unpaired) electrons. The molecule has 0 saturated carbocycles. The van der Waals surface area contributed by atoms with Crippen LogP contribution in [0.2, 0.25) is 0 Å². The average Bonchev–Trinajstić information content (AvgIpc) is 2.47. The van der Waals surface area contributed by atoms with Crippen molar-refractivity contribution in [3.63, 3.8) is 0 Å². The van der Waals surface area contributed by atoms with Crippen LogP contribution in [0.5, 0.6) is 0 Å². The van der Waals surface area contributed by atoms with Gasteiger partial charge in [-0.15, -0.1) is 0 Å². The van der Waals surface area contributed by atoms with Gasteiger partial charge in [-0.3, -0.25) is 9.79 Å². The van der Waals surface area contributed by atoms with Crippen LogP contribution >= 0.6 is 0 Å². The Kier molecular flexibility index (Phi) is 9.36. The lowest BCUT2D eigenvalue weighted by molar-refractivity contribution is -0.125. The molecular weight excluding hydrogens is 270 g/mol. The molecule has 0 aliphatic carbocycles. The number of guanidine groups is 1. The molecule has 0 spiro atoms. The Labute approximate surface area is 127 Å². The van der Waals surface area contributed by atoms with E-state index >= 15 is 0 Å². The van der Waals surface area contributed by atoms with Crippen molar-refractivity contribution >= 4 is 18.2 Å². The Morgan fingerprint density at radius 3 is 2.52 bits per heavy atom. The van der Waals surface area contributed by atoms with Gasteiger partial charge in [0.05, 0.1) is 12.1 Å². The van der Waals surface area contributed by atoms with Gasteiger partial charge >= 0.3 is 0 Å². The van der Waals surface area contributed by atoms with Gasteiger partial charge in [-0.2, -0.15) is 0 Å². The average molecular weight is 299 g/mol. The molecule has 0 aromatic carbocycles. The molecule has 0 aromatic rings. The second-order valence-corrected chi connectivity index (χ2v) is 5.44. The maximum Gasteiger partial charge on any atom is 0.237 e. The van der Waals surface area contributed by atoms with Crippen molar-refractivity contribution < 1.29 is 9.59 Å². The molecule has 0 rings (SSSR count). The van der Waals surface area contributed by atoms with E-state index in [1.165, 1.54) is 0 Å². The third kappa shape index (κ3) is 7.65. The number of hydrogen-bond donors (Lipinski definition) is 3. The third-order valence-corrected chi connectivity index (χ3v) is 3.45. The van der Waals surface area contributed by atoms with Crippen LogP contribution in [0, 0.1) is 5.92 Å². The number of aldehydes is 1. The lowest BCUT2D eigenvalue weighted by Gasteiger charge is -2.20. The van der Waals surface area contributed by atoms with Gasteiger partial charge in [0.15, 0.2) is 5.96 Å². The Morgan fingerprint density at radius 1 is 1.43 bits per heavy atom. The number of nitrogens with two attached hydrogens (primary N) is 2. The number of rotatable bonds is 9. The van der Waals surface area contributed by atoms with Crippen LogP contribution in [-0.2, 0) is 9.59 Å². The molecule has 0 unspecified atom stereocenters. The molecule has 3 atom stereocenters. The first kappa shape index (κ1) is 19.4. The minimum absolute atomic E-state index is 0.100. The van der Waals surface area contributed by atoms with Gasteiger partial charge in [-0.25, -0.2) is 0 Å². The predicted octanol–water partition coefficient (Wildman–Crippen LogP) is -0.300. The van der Waals surface area contributed by atoms with Crippen molar-refractivity contribution in [2.45, 2.75) is 45.2 Å². The normalized spacial score (nSPS) is 16.0. The monoisotopic (exact) mass is 299 g/mol. The number of hydrogen-bond acceptors (Lipinski definition) is 4. The van der Waals surface area contributed by atoms with Crippen LogP contribution in [0.4, 0.5) is 0 Å². The lowest BCUT2D eigenvalue weighted by Crippen LogP contribution is -2.48. The zero-order valence-corrected chi connectivity index (χ0v) is 13.5. The summed E-state index contributed by atoms with van der Waals surface area (Å²) >= 11 is 0. The largest absolute Gasteiger partial charge is 0.370 e. The molecule has 0 aliphatic rings. The van der Waals surface area contributed by atoms with E-state index in [0.29, 0.717) is 25.3 Å². The number of nitrogens with zero attached hydrogens (tertiary/aromatic N) is 2. The Morgan fingerprint density at radius 2 is 2.05 bits per heavy atom. The van der Waals surface area contributed by atoms with Crippen LogP contribution in [0.25, 0.3) is 0 Å². The molecule has 0 fully saturated rings. The summed E-state index contributed by atoms with van der Waals surface area (Å²) in [6.07, 6.45) is 2.75. The van der Waals surface area contributed by atoms with Gasteiger partial charge in [0.1, 0.15) is 6.29 Å². The maximum atomic E-state index is 11.9. The van der Waals surface area contributed by atoms with Crippen molar-refractivity contribution in [1.82, 2.24) is 10.2 Å². The second-order valence-electron chi connectivity index (χ2n) is 5.44. The highest BCUT2D eigenvalue weighted by Gasteiger charge is 2.20. The minimum atomic E-state index is -0.632. The van der Waals surface area contributed by atoms with Gasteiger partial charge in [-0.1, -0.05) is 20.3 Å². The highest BCUT2D eigenvalue weighted by Crippen LogP contribution is 2.06. The van der Waals surface area contributed by atoms with E-state index in [0.717, 1.165) is 12.7 Å². The van der Waals surface area contributed by atoms with E-state index < -0.39 is 12.1 Å². The molecule has 0 bridgehead atoms. The summed E-state index contributed by atoms with van der Waals surface area (Å²) in [6, 6.07) is -1.11. The molecular formula is C14H29N5O2. The Bertz CT molecular complexity index is 357.